The molecule has 23 heavy (non-hydrogen) atoms. The molecule has 1 atom stereocenters. The van der Waals surface area contributed by atoms with E-state index in [4.69, 9.17) is 0 Å². The van der Waals surface area contributed by atoms with Crippen LogP contribution in [-0.2, 0) is 9.53 Å². The molecule has 1 aromatic carbocycles. The first kappa shape index (κ1) is 15.8. The molecule has 1 fully saturated rings. The zero-order valence-corrected chi connectivity index (χ0v) is 14.2. The van der Waals surface area contributed by atoms with E-state index >= 15 is 0 Å². The largest absolute Gasteiger partial charge is 0.453 e. The Morgan fingerprint density at radius 2 is 2.35 bits per heavy atom. The van der Waals surface area contributed by atoms with Crippen LogP contribution in [0.1, 0.15) is 24.7 Å². The quantitative estimate of drug-likeness (QED) is 0.855. The van der Waals surface area contributed by atoms with Crippen LogP contribution in [0.4, 0.5) is 4.79 Å². The SMILES string of the molecule is COC(=O)NCC(=O)N1CCCC1c1nc2ccc(Br)cc2[nH]1. The Hall–Kier alpha value is -2.09. The molecule has 7 nitrogen and oxygen atoms in total. The minimum Gasteiger partial charge on any atom is -0.453 e. The zero-order chi connectivity index (χ0) is 16.4. The van der Waals surface area contributed by atoms with Gasteiger partial charge in [0.15, 0.2) is 0 Å². The molecule has 0 spiro atoms. The number of imidazole rings is 1. The molecular weight excluding hydrogens is 364 g/mol. The molecule has 1 aromatic heterocycles. The van der Waals surface area contributed by atoms with Gasteiger partial charge in [0.05, 0.1) is 24.2 Å². The summed E-state index contributed by atoms with van der Waals surface area (Å²) in [4.78, 5) is 33.1. The standard InChI is InChI=1S/C15H17BrN4O3/c1-23-15(22)17-8-13(21)20-6-2-3-12(20)14-18-10-5-4-9(16)7-11(10)19-14/h4-5,7,12H,2-3,6,8H2,1H3,(H,17,22)(H,18,19). The predicted molar refractivity (Wildman–Crippen MR) is 87.9 cm³/mol. The van der Waals surface area contributed by atoms with Crippen LogP contribution in [-0.4, -0.2) is 47.1 Å². The van der Waals surface area contributed by atoms with Crippen LogP contribution in [0.15, 0.2) is 22.7 Å². The van der Waals surface area contributed by atoms with Gasteiger partial charge in [-0.1, -0.05) is 15.9 Å². The molecule has 2 heterocycles. The minimum atomic E-state index is -0.609. The van der Waals surface area contributed by atoms with Crippen LogP contribution in [0.3, 0.4) is 0 Å². The monoisotopic (exact) mass is 380 g/mol. The third kappa shape index (κ3) is 3.31. The van der Waals surface area contributed by atoms with E-state index in [1.54, 1.807) is 4.90 Å². The molecule has 1 aliphatic heterocycles. The van der Waals surface area contributed by atoms with Gasteiger partial charge >= 0.3 is 6.09 Å². The number of halogens is 1. The molecule has 2 aromatic rings. The minimum absolute atomic E-state index is 0.0745. The fourth-order valence-corrected chi connectivity index (χ4v) is 3.19. The van der Waals surface area contributed by atoms with Crippen molar-refractivity contribution in [1.82, 2.24) is 20.2 Å². The number of likely N-dealkylation sites (tertiary alicyclic amines) is 1. The van der Waals surface area contributed by atoms with Gasteiger partial charge < -0.3 is 19.9 Å². The van der Waals surface area contributed by atoms with Crippen molar-refractivity contribution >= 4 is 39.0 Å². The number of hydrogen-bond donors (Lipinski definition) is 2. The molecule has 0 saturated carbocycles. The third-order valence-electron chi connectivity index (χ3n) is 3.92. The van der Waals surface area contributed by atoms with Gasteiger partial charge in [0.25, 0.3) is 0 Å². The molecular formula is C15H17BrN4O3. The van der Waals surface area contributed by atoms with Crippen molar-refractivity contribution in [2.24, 2.45) is 0 Å². The van der Waals surface area contributed by atoms with Crippen molar-refractivity contribution in [3.63, 3.8) is 0 Å². The average Bonchev–Trinajstić information content (AvgIpc) is 3.17. The number of alkyl carbamates (subject to hydrolysis) is 1. The maximum atomic E-state index is 12.3. The lowest BCUT2D eigenvalue weighted by Gasteiger charge is -2.23. The van der Waals surface area contributed by atoms with Gasteiger partial charge in [0, 0.05) is 11.0 Å². The second-order valence-electron chi connectivity index (χ2n) is 5.37. The predicted octanol–water partition coefficient (Wildman–Crippen LogP) is 2.34. The van der Waals surface area contributed by atoms with E-state index in [-0.39, 0.29) is 18.5 Å². The molecule has 1 unspecified atom stereocenters. The number of amides is 2. The number of ether oxygens (including phenoxy) is 1. The highest BCUT2D eigenvalue weighted by atomic mass is 79.9. The van der Waals surface area contributed by atoms with Crippen LogP contribution in [0.25, 0.3) is 11.0 Å². The van der Waals surface area contributed by atoms with Crippen LogP contribution in [0, 0.1) is 0 Å². The van der Waals surface area contributed by atoms with Crippen LogP contribution in [0.5, 0.6) is 0 Å². The average molecular weight is 381 g/mol. The molecule has 0 aliphatic carbocycles. The van der Waals surface area contributed by atoms with Crippen LogP contribution < -0.4 is 5.32 Å². The maximum Gasteiger partial charge on any atom is 0.407 e. The van der Waals surface area contributed by atoms with E-state index in [2.05, 4.69) is 36.0 Å². The van der Waals surface area contributed by atoms with Gasteiger partial charge in [-0.15, -0.1) is 0 Å². The maximum absolute atomic E-state index is 12.3. The van der Waals surface area contributed by atoms with Crippen molar-refractivity contribution in [3.05, 3.63) is 28.5 Å². The van der Waals surface area contributed by atoms with Crippen molar-refractivity contribution in [1.29, 1.82) is 0 Å². The first-order valence-corrected chi connectivity index (χ1v) is 8.14. The van der Waals surface area contributed by atoms with Crippen LogP contribution in [0.2, 0.25) is 0 Å². The Labute approximate surface area is 141 Å². The molecule has 0 bridgehead atoms. The van der Waals surface area contributed by atoms with E-state index in [0.717, 1.165) is 34.2 Å². The highest BCUT2D eigenvalue weighted by molar-refractivity contribution is 9.10. The number of methoxy groups -OCH3 is 1. The van der Waals surface area contributed by atoms with Gasteiger partial charge in [-0.25, -0.2) is 9.78 Å². The lowest BCUT2D eigenvalue weighted by molar-refractivity contribution is -0.131. The summed E-state index contributed by atoms with van der Waals surface area (Å²) in [6, 6.07) is 5.74. The van der Waals surface area contributed by atoms with E-state index in [9.17, 15) is 9.59 Å². The number of aromatic amines is 1. The summed E-state index contributed by atoms with van der Waals surface area (Å²) in [5.74, 6) is 0.640. The Morgan fingerprint density at radius 3 is 3.13 bits per heavy atom. The summed E-state index contributed by atoms with van der Waals surface area (Å²) in [5, 5.41) is 2.43. The summed E-state index contributed by atoms with van der Waals surface area (Å²) < 4.78 is 5.46. The number of rotatable bonds is 3. The summed E-state index contributed by atoms with van der Waals surface area (Å²) >= 11 is 3.44. The Morgan fingerprint density at radius 1 is 1.52 bits per heavy atom. The van der Waals surface area contributed by atoms with Crippen molar-refractivity contribution in [2.45, 2.75) is 18.9 Å². The van der Waals surface area contributed by atoms with Crippen molar-refractivity contribution < 1.29 is 14.3 Å². The molecule has 0 radical (unpaired) electrons. The van der Waals surface area contributed by atoms with Gasteiger partial charge in [-0.05, 0) is 31.0 Å². The van der Waals surface area contributed by atoms with Gasteiger partial charge in [0.1, 0.15) is 12.4 Å². The smallest absolute Gasteiger partial charge is 0.407 e. The molecule has 8 heteroatoms. The summed E-state index contributed by atoms with van der Waals surface area (Å²) in [5.41, 5.74) is 1.80. The fraction of sp³-hybridized carbons (Fsp3) is 0.400. The second kappa shape index (κ2) is 6.57. The Balaban J connectivity index is 1.77. The fourth-order valence-electron chi connectivity index (χ4n) is 2.83. The number of carbonyl (C=O) groups excluding carboxylic acids is 2. The van der Waals surface area contributed by atoms with E-state index in [0.29, 0.717) is 6.54 Å². The summed E-state index contributed by atoms with van der Waals surface area (Å²) in [7, 11) is 1.27. The molecule has 122 valence electrons. The number of benzene rings is 1. The normalized spacial score (nSPS) is 17.5. The van der Waals surface area contributed by atoms with Gasteiger partial charge in [0.2, 0.25) is 5.91 Å². The van der Waals surface area contributed by atoms with Crippen molar-refractivity contribution in [2.75, 3.05) is 20.2 Å². The van der Waals surface area contributed by atoms with Crippen molar-refractivity contribution in [3.8, 4) is 0 Å². The lowest BCUT2D eigenvalue weighted by atomic mass is 10.2. The van der Waals surface area contributed by atoms with Gasteiger partial charge in [-0.3, -0.25) is 4.79 Å². The number of nitrogens with one attached hydrogen (secondary N) is 2. The highest BCUT2D eigenvalue weighted by Gasteiger charge is 2.32. The molecule has 3 rings (SSSR count). The van der Waals surface area contributed by atoms with Gasteiger partial charge in [-0.2, -0.15) is 0 Å². The number of H-pyrrole nitrogens is 1. The van der Waals surface area contributed by atoms with E-state index in [1.165, 1.54) is 7.11 Å². The van der Waals surface area contributed by atoms with E-state index in [1.807, 2.05) is 18.2 Å². The number of fused-ring (bicyclic) bond motifs is 1. The zero-order valence-electron chi connectivity index (χ0n) is 12.6. The van der Waals surface area contributed by atoms with Crippen LogP contribution >= 0.6 is 15.9 Å². The van der Waals surface area contributed by atoms with E-state index < -0.39 is 6.09 Å². The molecule has 1 aliphatic rings. The number of nitrogens with zero attached hydrogens (tertiary/aromatic N) is 2. The highest BCUT2D eigenvalue weighted by Crippen LogP contribution is 2.31. The molecule has 2 N–H and O–H groups in total. The first-order valence-electron chi connectivity index (χ1n) is 7.35. The number of hydrogen-bond acceptors (Lipinski definition) is 4. The summed E-state index contributed by atoms with van der Waals surface area (Å²) in [6.07, 6.45) is 1.16. The first-order chi connectivity index (χ1) is 11.1. The Bertz CT molecular complexity index is 745. The Kier molecular flexibility index (Phi) is 4.51. The topological polar surface area (TPSA) is 87.3 Å². The second-order valence-corrected chi connectivity index (χ2v) is 6.29. The number of carbonyl (C=O) groups is 2. The summed E-state index contributed by atoms with van der Waals surface area (Å²) in [6.45, 7) is 0.585. The number of aromatic nitrogens is 2. The third-order valence-corrected chi connectivity index (χ3v) is 4.41. The molecule has 2 amide bonds. The lowest BCUT2D eigenvalue weighted by Crippen LogP contribution is -2.40. The molecule has 1 saturated heterocycles.